The molecule has 0 aliphatic carbocycles. The van der Waals surface area contributed by atoms with Crippen molar-refractivity contribution in [3.8, 4) is 0 Å². The Morgan fingerprint density at radius 2 is 1.62 bits per heavy atom. The quantitative estimate of drug-likeness (QED) is 0.430. The molecule has 2 aromatic carbocycles. The summed E-state index contributed by atoms with van der Waals surface area (Å²) >= 11 is 0. The Balaban J connectivity index is 2.04. The topological polar surface area (TPSA) is 98.5 Å². The van der Waals surface area contributed by atoms with Gasteiger partial charge in [-0.2, -0.15) is 13.2 Å². The SMILES string of the molecule is COC(=O)[C@@H](Cc1ccc([N+](=O)[O-])cc1)NC(=O)Cc1ccc(C(F)(F)F)cc1. The number of nitro groups is 1. The van der Waals surface area contributed by atoms with Crippen LogP contribution in [0.15, 0.2) is 48.5 Å². The van der Waals surface area contributed by atoms with Crippen LogP contribution < -0.4 is 5.32 Å². The predicted octanol–water partition coefficient (Wildman–Crippen LogP) is 3.06. The lowest BCUT2D eigenvalue weighted by Gasteiger charge is -2.17. The molecule has 0 saturated heterocycles. The summed E-state index contributed by atoms with van der Waals surface area (Å²) < 4.78 is 42.4. The Kier molecular flexibility index (Phi) is 6.92. The highest BCUT2D eigenvalue weighted by Crippen LogP contribution is 2.29. The number of amides is 1. The first kappa shape index (κ1) is 21.9. The molecule has 0 saturated carbocycles. The number of nitro benzene ring substituents is 1. The summed E-state index contributed by atoms with van der Waals surface area (Å²) in [5.74, 6) is -1.30. The molecule has 1 atom stereocenters. The van der Waals surface area contributed by atoms with E-state index in [-0.39, 0.29) is 18.5 Å². The van der Waals surface area contributed by atoms with E-state index >= 15 is 0 Å². The molecule has 0 aliphatic heterocycles. The summed E-state index contributed by atoms with van der Waals surface area (Å²) in [4.78, 5) is 34.3. The number of benzene rings is 2. The second kappa shape index (κ2) is 9.18. The Hall–Kier alpha value is -3.43. The van der Waals surface area contributed by atoms with Crippen molar-refractivity contribution in [3.05, 3.63) is 75.3 Å². The highest BCUT2D eigenvalue weighted by atomic mass is 19.4. The Bertz CT molecular complexity index is 880. The van der Waals surface area contributed by atoms with Gasteiger partial charge in [-0.05, 0) is 23.3 Å². The third-order valence-electron chi connectivity index (χ3n) is 4.05. The van der Waals surface area contributed by atoms with Gasteiger partial charge >= 0.3 is 12.1 Å². The van der Waals surface area contributed by atoms with Gasteiger partial charge in [0.25, 0.3) is 5.69 Å². The highest BCUT2D eigenvalue weighted by molar-refractivity contribution is 5.85. The van der Waals surface area contributed by atoms with E-state index in [1.807, 2.05) is 0 Å². The molecule has 0 radical (unpaired) electrons. The standard InChI is InChI=1S/C19H17F3N2O5/c1-29-18(26)16(10-12-4-8-15(9-5-12)24(27)28)23-17(25)11-13-2-6-14(7-3-13)19(20,21)22/h2-9,16H,10-11H2,1H3,(H,23,25)/t16-/m1/s1. The fraction of sp³-hybridized carbons (Fsp3) is 0.263. The van der Waals surface area contributed by atoms with Gasteiger partial charge in [-0.15, -0.1) is 0 Å². The molecule has 1 N–H and O–H groups in total. The summed E-state index contributed by atoms with van der Waals surface area (Å²) in [5, 5.41) is 13.2. The number of methoxy groups -OCH3 is 1. The van der Waals surface area contributed by atoms with Gasteiger partial charge in [0.2, 0.25) is 5.91 Å². The van der Waals surface area contributed by atoms with Gasteiger partial charge in [0.15, 0.2) is 0 Å². The number of alkyl halides is 3. The van der Waals surface area contributed by atoms with Crippen LogP contribution in [-0.2, 0) is 33.3 Å². The van der Waals surface area contributed by atoms with E-state index in [9.17, 15) is 32.9 Å². The molecular formula is C19H17F3N2O5. The zero-order valence-corrected chi connectivity index (χ0v) is 15.2. The second-order valence-electron chi connectivity index (χ2n) is 6.14. The zero-order chi connectivity index (χ0) is 21.6. The summed E-state index contributed by atoms with van der Waals surface area (Å²) in [6, 6.07) is 8.52. The van der Waals surface area contributed by atoms with Gasteiger partial charge < -0.3 is 10.1 Å². The lowest BCUT2D eigenvalue weighted by molar-refractivity contribution is -0.384. The van der Waals surface area contributed by atoms with Crippen LogP contribution in [0.25, 0.3) is 0 Å². The average molecular weight is 410 g/mol. The third kappa shape index (κ3) is 6.30. The second-order valence-corrected chi connectivity index (χ2v) is 6.14. The van der Waals surface area contributed by atoms with Crippen molar-refractivity contribution in [1.82, 2.24) is 5.32 Å². The maximum absolute atomic E-state index is 12.6. The summed E-state index contributed by atoms with van der Waals surface area (Å²) in [6.07, 6.45) is -4.67. The van der Waals surface area contributed by atoms with Crippen LogP contribution in [0, 0.1) is 10.1 Å². The largest absolute Gasteiger partial charge is 0.467 e. The molecular weight excluding hydrogens is 393 g/mol. The van der Waals surface area contributed by atoms with E-state index in [0.717, 1.165) is 19.2 Å². The fourth-order valence-electron chi connectivity index (χ4n) is 2.57. The van der Waals surface area contributed by atoms with Crippen LogP contribution in [0.4, 0.5) is 18.9 Å². The van der Waals surface area contributed by atoms with Gasteiger partial charge in [0.1, 0.15) is 6.04 Å². The van der Waals surface area contributed by atoms with Crippen molar-refractivity contribution >= 4 is 17.6 Å². The molecule has 1 amide bonds. The first-order valence-electron chi connectivity index (χ1n) is 8.37. The highest BCUT2D eigenvalue weighted by Gasteiger charge is 2.30. The number of nitrogens with zero attached hydrogens (tertiary/aromatic N) is 1. The molecule has 0 bridgehead atoms. The third-order valence-corrected chi connectivity index (χ3v) is 4.05. The van der Waals surface area contributed by atoms with Crippen LogP contribution in [0.1, 0.15) is 16.7 Å². The molecule has 0 heterocycles. The maximum Gasteiger partial charge on any atom is 0.416 e. The number of carbonyl (C=O) groups excluding carboxylic acids is 2. The minimum atomic E-state index is -4.47. The van der Waals surface area contributed by atoms with Crippen LogP contribution in [-0.4, -0.2) is 30.0 Å². The van der Waals surface area contributed by atoms with Crippen LogP contribution in [0.3, 0.4) is 0 Å². The number of carbonyl (C=O) groups is 2. The average Bonchev–Trinajstić information content (AvgIpc) is 2.67. The molecule has 29 heavy (non-hydrogen) atoms. The molecule has 7 nitrogen and oxygen atoms in total. The number of halogens is 3. The fourth-order valence-corrected chi connectivity index (χ4v) is 2.57. The summed E-state index contributed by atoms with van der Waals surface area (Å²) in [6.45, 7) is 0. The Morgan fingerprint density at radius 1 is 1.07 bits per heavy atom. The number of rotatable bonds is 7. The van der Waals surface area contributed by atoms with Crippen molar-refractivity contribution in [2.45, 2.75) is 25.1 Å². The van der Waals surface area contributed by atoms with E-state index in [1.165, 1.54) is 36.4 Å². The van der Waals surface area contributed by atoms with Crippen LogP contribution in [0.2, 0.25) is 0 Å². The molecule has 0 aromatic heterocycles. The number of hydrogen-bond donors (Lipinski definition) is 1. The van der Waals surface area contributed by atoms with E-state index in [2.05, 4.69) is 10.1 Å². The van der Waals surface area contributed by atoms with E-state index in [0.29, 0.717) is 11.1 Å². The smallest absolute Gasteiger partial charge is 0.416 e. The lowest BCUT2D eigenvalue weighted by atomic mass is 10.0. The molecule has 2 aromatic rings. The van der Waals surface area contributed by atoms with E-state index in [1.54, 1.807) is 0 Å². The predicted molar refractivity (Wildman–Crippen MR) is 95.9 cm³/mol. The van der Waals surface area contributed by atoms with Gasteiger partial charge in [0, 0.05) is 18.6 Å². The Labute approximate surface area is 163 Å². The molecule has 10 heteroatoms. The van der Waals surface area contributed by atoms with Crippen LogP contribution in [0.5, 0.6) is 0 Å². The molecule has 0 unspecified atom stereocenters. The maximum atomic E-state index is 12.6. The summed E-state index contributed by atoms with van der Waals surface area (Å²) in [7, 11) is 1.15. The van der Waals surface area contributed by atoms with Gasteiger partial charge in [-0.25, -0.2) is 4.79 Å². The van der Waals surface area contributed by atoms with E-state index in [4.69, 9.17) is 0 Å². The zero-order valence-electron chi connectivity index (χ0n) is 15.2. The molecule has 0 spiro atoms. The van der Waals surface area contributed by atoms with Gasteiger partial charge in [-0.1, -0.05) is 24.3 Å². The molecule has 2 rings (SSSR count). The van der Waals surface area contributed by atoms with Crippen molar-refractivity contribution in [2.75, 3.05) is 7.11 Å². The minimum Gasteiger partial charge on any atom is -0.467 e. The normalized spacial score (nSPS) is 12.1. The van der Waals surface area contributed by atoms with Crippen molar-refractivity contribution < 1.29 is 32.4 Å². The monoisotopic (exact) mass is 410 g/mol. The van der Waals surface area contributed by atoms with Gasteiger partial charge in [0.05, 0.1) is 24.0 Å². The van der Waals surface area contributed by atoms with Crippen LogP contribution >= 0.6 is 0 Å². The summed E-state index contributed by atoms with van der Waals surface area (Å²) in [5.41, 5.74) is -0.0442. The Morgan fingerprint density at radius 3 is 2.10 bits per heavy atom. The van der Waals surface area contributed by atoms with Crippen molar-refractivity contribution in [2.24, 2.45) is 0 Å². The number of hydrogen-bond acceptors (Lipinski definition) is 5. The molecule has 0 aliphatic rings. The van der Waals surface area contributed by atoms with Crippen molar-refractivity contribution in [1.29, 1.82) is 0 Å². The lowest BCUT2D eigenvalue weighted by Crippen LogP contribution is -2.43. The van der Waals surface area contributed by atoms with Gasteiger partial charge in [-0.3, -0.25) is 14.9 Å². The minimum absolute atomic E-state index is 0.0312. The number of nitrogens with one attached hydrogen (secondary N) is 1. The number of ether oxygens (including phenoxy) is 1. The number of esters is 1. The van der Waals surface area contributed by atoms with E-state index < -0.39 is 34.6 Å². The molecule has 0 fully saturated rings. The first-order valence-corrected chi connectivity index (χ1v) is 8.37. The first-order chi connectivity index (χ1) is 13.6. The van der Waals surface area contributed by atoms with Crippen molar-refractivity contribution in [3.63, 3.8) is 0 Å². The molecule has 154 valence electrons. The number of non-ortho nitro benzene ring substituents is 1.